The maximum absolute atomic E-state index is 13.8. The lowest BCUT2D eigenvalue weighted by atomic mass is 9.49. The standard InChI is InChI=1S/C42H46O6/c1-29(39(45)47-25-13-11-23-43)27-41(35-19-7-3-15-31(35)32-16-4-8-20-36(32)41)42(28-30(2)40(46)48-26-14-12-24-44)37-21-9-5-17-33(37)34-18-6-10-22-38(34)42/h3-10,15-22,29-30,43-44H,11-14,23-28H2,1-2H3. The lowest BCUT2D eigenvalue weighted by Crippen LogP contribution is -2.52. The van der Waals surface area contributed by atoms with Gasteiger partial charge in [0.15, 0.2) is 0 Å². The molecule has 0 aromatic heterocycles. The van der Waals surface area contributed by atoms with Gasteiger partial charge >= 0.3 is 11.9 Å². The van der Waals surface area contributed by atoms with Gasteiger partial charge < -0.3 is 19.7 Å². The molecule has 2 atom stereocenters. The Kier molecular flexibility index (Phi) is 10.1. The highest BCUT2D eigenvalue weighted by atomic mass is 16.5. The van der Waals surface area contributed by atoms with E-state index in [1.54, 1.807) is 0 Å². The van der Waals surface area contributed by atoms with Gasteiger partial charge in [0.25, 0.3) is 0 Å². The largest absolute Gasteiger partial charge is 0.465 e. The van der Waals surface area contributed by atoms with Crippen LogP contribution >= 0.6 is 0 Å². The minimum atomic E-state index is -0.752. The first-order valence-corrected chi connectivity index (χ1v) is 17.3. The Labute approximate surface area is 283 Å². The minimum absolute atomic E-state index is 0.0627. The fourth-order valence-electron chi connectivity index (χ4n) is 8.50. The van der Waals surface area contributed by atoms with E-state index in [0.717, 1.165) is 44.5 Å². The molecule has 6 nitrogen and oxygen atoms in total. The van der Waals surface area contributed by atoms with Gasteiger partial charge in [-0.3, -0.25) is 9.59 Å². The first-order valence-electron chi connectivity index (χ1n) is 17.3. The summed E-state index contributed by atoms with van der Waals surface area (Å²) in [7, 11) is 0. The Bertz CT molecular complexity index is 1540. The van der Waals surface area contributed by atoms with Gasteiger partial charge in [-0.1, -0.05) is 111 Å². The smallest absolute Gasteiger partial charge is 0.308 e. The molecule has 0 bridgehead atoms. The van der Waals surface area contributed by atoms with E-state index in [-0.39, 0.29) is 38.4 Å². The van der Waals surface area contributed by atoms with Crippen molar-refractivity contribution in [2.24, 2.45) is 11.8 Å². The van der Waals surface area contributed by atoms with E-state index < -0.39 is 22.7 Å². The molecule has 6 rings (SSSR count). The quantitative estimate of drug-likeness (QED) is 0.102. The Morgan fingerprint density at radius 3 is 1.10 bits per heavy atom. The summed E-state index contributed by atoms with van der Waals surface area (Å²) < 4.78 is 11.6. The van der Waals surface area contributed by atoms with Crippen molar-refractivity contribution in [3.8, 4) is 22.3 Å². The van der Waals surface area contributed by atoms with Crippen molar-refractivity contribution in [2.75, 3.05) is 26.4 Å². The number of carbonyl (C=O) groups is 2. The van der Waals surface area contributed by atoms with Gasteiger partial charge in [-0.15, -0.1) is 0 Å². The van der Waals surface area contributed by atoms with Crippen LogP contribution in [0.5, 0.6) is 0 Å². The summed E-state index contributed by atoms with van der Waals surface area (Å²) in [6, 6.07) is 34.1. The average molecular weight is 647 g/mol. The second-order valence-electron chi connectivity index (χ2n) is 13.4. The van der Waals surface area contributed by atoms with E-state index in [0.29, 0.717) is 38.5 Å². The maximum Gasteiger partial charge on any atom is 0.308 e. The third kappa shape index (κ3) is 5.65. The van der Waals surface area contributed by atoms with Crippen molar-refractivity contribution in [3.05, 3.63) is 119 Å². The second kappa shape index (κ2) is 14.5. The van der Waals surface area contributed by atoms with Gasteiger partial charge in [-0.05, 0) is 83.0 Å². The van der Waals surface area contributed by atoms with Gasteiger partial charge in [-0.25, -0.2) is 0 Å². The summed E-state index contributed by atoms with van der Waals surface area (Å²) in [6.07, 6.45) is 3.29. The van der Waals surface area contributed by atoms with Gasteiger partial charge in [0, 0.05) is 24.0 Å². The molecule has 0 heterocycles. The van der Waals surface area contributed by atoms with Crippen LogP contribution < -0.4 is 0 Å². The van der Waals surface area contributed by atoms with Crippen LogP contribution in [0.3, 0.4) is 0 Å². The molecule has 2 aliphatic rings. The third-order valence-electron chi connectivity index (χ3n) is 10.5. The molecule has 4 aromatic rings. The zero-order valence-corrected chi connectivity index (χ0v) is 28.0. The Hall–Kier alpha value is -4.26. The van der Waals surface area contributed by atoms with E-state index in [1.807, 2.05) is 13.8 Å². The monoisotopic (exact) mass is 646 g/mol. The number of aliphatic hydroxyl groups is 2. The van der Waals surface area contributed by atoms with Crippen LogP contribution in [0.4, 0.5) is 0 Å². The highest BCUT2D eigenvalue weighted by Gasteiger charge is 2.63. The van der Waals surface area contributed by atoms with Crippen LogP contribution in [0, 0.1) is 11.8 Å². The van der Waals surface area contributed by atoms with E-state index >= 15 is 0 Å². The number of unbranched alkanes of at least 4 members (excludes halogenated alkanes) is 2. The molecule has 0 spiro atoms. The minimum Gasteiger partial charge on any atom is -0.465 e. The van der Waals surface area contributed by atoms with E-state index in [2.05, 4.69) is 97.1 Å². The van der Waals surface area contributed by atoms with Gasteiger partial charge in [-0.2, -0.15) is 0 Å². The summed E-state index contributed by atoms with van der Waals surface area (Å²) >= 11 is 0. The van der Waals surface area contributed by atoms with Crippen molar-refractivity contribution in [1.29, 1.82) is 0 Å². The fraction of sp³-hybridized carbons (Fsp3) is 0.381. The average Bonchev–Trinajstić information content (AvgIpc) is 3.57. The summed E-state index contributed by atoms with van der Waals surface area (Å²) in [5.41, 5.74) is 7.60. The van der Waals surface area contributed by atoms with Crippen LogP contribution in [0.1, 0.15) is 74.6 Å². The third-order valence-corrected chi connectivity index (χ3v) is 10.5. The molecule has 2 N–H and O–H groups in total. The van der Waals surface area contributed by atoms with Crippen LogP contribution in [-0.2, 0) is 29.9 Å². The molecule has 48 heavy (non-hydrogen) atoms. The normalized spacial score (nSPS) is 15.8. The van der Waals surface area contributed by atoms with Gasteiger partial charge in [0.05, 0.1) is 25.0 Å². The number of hydrogen-bond acceptors (Lipinski definition) is 6. The van der Waals surface area contributed by atoms with E-state index in [9.17, 15) is 19.8 Å². The van der Waals surface area contributed by atoms with Crippen LogP contribution in [0.15, 0.2) is 97.1 Å². The summed E-state index contributed by atoms with van der Waals surface area (Å²) in [6.45, 7) is 4.57. The molecule has 6 heteroatoms. The molecular weight excluding hydrogens is 600 g/mol. The van der Waals surface area contributed by atoms with Crippen LogP contribution in [0.25, 0.3) is 22.3 Å². The van der Waals surface area contributed by atoms with Gasteiger partial charge in [0.1, 0.15) is 0 Å². The molecule has 0 saturated carbocycles. The SMILES string of the molecule is CC(CC1(C2(CC(C)C(=O)OCCCCO)c3ccccc3-c3ccccc32)c2ccccc2-c2ccccc21)C(=O)OCCCCO. The highest BCUT2D eigenvalue weighted by Crippen LogP contribution is 2.68. The lowest BCUT2D eigenvalue weighted by Gasteiger charge is -2.51. The number of esters is 2. The molecule has 4 aromatic carbocycles. The summed E-state index contributed by atoms with van der Waals surface area (Å²) in [5.74, 6) is -1.48. The molecule has 0 aliphatic heterocycles. The Morgan fingerprint density at radius 1 is 0.521 bits per heavy atom. The number of ether oxygens (including phenoxy) is 2. The topological polar surface area (TPSA) is 93.1 Å². The van der Waals surface area contributed by atoms with E-state index in [1.165, 1.54) is 0 Å². The second-order valence-corrected chi connectivity index (χ2v) is 13.4. The summed E-state index contributed by atoms with van der Waals surface area (Å²) in [4.78, 5) is 27.6. The number of carbonyl (C=O) groups excluding carboxylic acids is 2. The molecule has 0 amide bonds. The molecule has 0 radical (unpaired) electrons. The maximum atomic E-state index is 13.8. The number of rotatable bonds is 15. The number of fused-ring (bicyclic) bond motifs is 6. The predicted molar refractivity (Wildman–Crippen MR) is 187 cm³/mol. The first-order chi connectivity index (χ1) is 23.4. The molecule has 250 valence electrons. The number of hydrogen-bond donors (Lipinski definition) is 2. The van der Waals surface area contributed by atoms with Gasteiger partial charge in [0.2, 0.25) is 0 Å². The molecular formula is C42H46O6. The predicted octanol–water partition coefficient (Wildman–Crippen LogP) is 7.60. The molecule has 2 unspecified atom stereocenters. The van der Waals surface area contributed by atoms with Crippen molar-refractivity contribution in [3.63, 3.8) is 0 Å². The van der Waals surface area contributed by atoms with Crippen LogP contribution in [0.2, 0.25) is 0 Å². The zero-order chi connectivity index (χ0) is 33.7. The first kappa shape index (κ1) is 33.6. The Balaban J connectivity index is 1.59. The highest BCUT2D eigenvalue weighted by molar-refractivity contribution is 5.90. The van der Waals surface area contributed by atoms with Crippen molar-refractivity contribution in [2.45, 2.75) is 63.2 Å². The molecule has 2 aliphatic carbocycles. The lowest BCUT2D eigenvalue weighted by molar-refractivity contribution is -0.150. The number of benzene rings is 4. The van der Waals surface area contributed by atoms with Crippen LogP contribution in [-0.4, -0.2) is 48.6 Å². The van der Waals surface area contributed by atoms with Crippen molar-refractivity contribution >= 4 is 11.9 Å². The Morgan fingerprint density at radius 2 is 0.812 bits per heavy atom. The zero-order valence-electron chi connectivity index (χ0n) is 28.0. The van der Waals surface area contributed by atoms with Crippen molar-refractivity contribution in [1.82, 2.24) is 0 Å². The fourth-order valence-corrected chi connectivity index (χ4v) is 8.50. The molecule has 0 saturated heterocycles. The number of aliphatic hydroxyl groups excluding tert-OH is 2. The summed E-state index contributed by atoms with van der Waals surface area (Å²) in [5, 5.41) is 18.5. The van der Waals surface area contributed by atoms with E-state index in [4.69, 9.17) is 9.47 Å². The molecule has 0 fully saturated rings. The van der Waals surface area contributed by atoms with Crippen molar-refractivity contribution < 1.29 is 29.3 Å².